The maximum Gasteiger partial charge on any atom is 0.182 e. The van der Waals surface area contributed by atoms with E-state index in [9.17, 15) is 8.42 Å². The topological polar surface area (TPSA) is 52.6 Å². The third-order valence-electron chi connectivity index (χ3n) is 2.98. The molecule has 21 heavy (non-hydrogen) atoms. The van der Waals surface area contributed by atoms with Crippen molar-refractivity contribution >= 4 is 25.8 Å². The lowest BCUT2D eigenvalue weighted by Gasteiger charge is -2.13. The number of hydrogen-bond acceptors (Lipinski definition) is 4. The number of benzene rings is 2. The highest BCUT2D eigenvalue weighted by Gasteiger charge is 2.20. The summed E-state index contributed by atoms with van der Waals surface area (Å²) in [5, 5.41) is 0. The smallest absolute Gasteiger partial charge is 0.182 e. The maximum atomic E-state index is 12.5. The molecule has 112 valence electrons. The minimum absolute atomic E-state index is 0.157. The summed E-state index contributed by atoms with van der Waals surface area (Å²) in [5.74, 6) is 0.909. The Morgan fingerprint density at radius 2 is 1.71 bits per heavy atom. The Labute approximate surface area is 132 Å². The second-order valence-electron chi connectivity index (χ2n) is 4.37. The predicted molar refractivity (Wildman–Crippen MR) is 84.6 cm³/mol. The largest absolute Gasteiger partial charge is 0.497 e. The summed E-state index contributed by atoms with van der Waals surface area (Å²) >= 11 is 3.36. The van der Waals surface area contributed by atoms with Crippen molar-refractivity contribution in [3.05, 3.63) is 52.5 Å². The molecule has 0 aliphatic carbocycles. The van der Waals surface area contributed by atoms with E-state index in [4.69, 9.17) is 9.47 Å². The van der Waals surface area contributed by atoms with Crippen LogP contribution in [0.3, 0.4) is 0 Å². The van der Waals surface area contributed by atoms with Crippen molar-refractivity contribution in [1.82, 2.24) is 0 Å². The molecule has 0 saturated heterocycles. The lowest BCUT2D eigenvalue weighted by Crippen LogP contribution is -2.06. The van der Waals surface area contributed by atoms with Crippen LogP contribution in [-0.4, -0.2) is 22.6 Å². The Morgan fingerprint density at radius 3 is 2.29 bits per heavy atom. The molecule has 2 rings (SSSR count). The fourth-order valence-corrected chi connectivity index (χ4v) is 4.00. The molecular formula is C15H15BrO4S. The van der Waals surface area contributed by atoms with Crippen LogP contribution in [0.4, 0.5) is 0 Å². The van der Waals surface area contributed by atoms with Crippen LogP contribution in [0.2, 0.25) is 0 Å². The normalized spacial score (nSPS) is 11.2. The Morgan fingerprint density at radius 1 is 1.05 bits per heavy atom. The Kier molecular flexibility index (Phi) is 4.90. The minimum atomic E-state index is -3.44. The molecular weight excluding hydrogens is 356 g/mol. The molecule has 0 saturated carbocycles. The van der Waals surface area contributed by atoms with Gasteiger partial charge in [-0.1, -0.05) is 18.2 Å². The fraction of sp³-hybridized carbons (Fsp3) is 0.200. The van der Waals surface area contributed by atoms with E-state index in [1.165, 1.54) is 14.2 Å². The summed E-state index contributed by atoms with van der Waals surface area (Å²) in [6, 6.07) is 11.7. The highest BCUT2D eigenvalue weighted by Crippen LogP contribution is 2.35. The molecule has 2 aromatic carbocycles. The summed E-state index contributed by atoms with van der Waals surface area (Å²) in [7, 11) is -0.407. The highest BCUT2D eigenvalue weighted by molar-refractivity contribution is 9.10. The zero-order valence-electron chi connectivity index (χ0n) is 11.7. The Balaban J connectivity index is 2.46. The van der Waals surface area contributed by atoms with Gasteiger partial charge < -0.3 is 9.47 Å². The number of rotatable bonds is 5. The summed E-state index contributed by atoms with van der Waals surface area (Å²) in [5.41, 5.74) is 0.549. The SMILES string of the molecule is COc1cc(Br)c(OC)c(CS(=O)(=O)c2ccccc2)c1. The number of sulfone groups is 1. The van der Waals surface area contributed by atoms with Gasteiger partial charge in [0.25, 0.3) is 0 Å². The number of ether oxygens (including phenoxy) is 2. The van der Waals surface area contributed by atoms with E-state index in [2.05, 4.69) is 15.9 Å². The van der Waals surface area contributed by atoms with Crippen LogP contribution in [-0.2, 0) is 15.6 Å². The second-order valence-corrected chi connectivity index (χ2v) is 7.22. The first-order valence-electron chi connectivity index (χ1n) is 6.16. The van der Waals surface area contributed by atoms with E-state index >= 15 is 0 Å². The van der Waals surface area contributed by atoms with Crippen LogP contribution < -0.4 is 9.47 Å². The van der Waals surface area contributed by atoms with Crippen molar-refractivity contribution in [3.63, 3.8) is 0 Å². The number of halogens is 1. The fourth-order valence-electron chi connectivity index (χ4n) is 1.99. The molecule has 0 aliphatic heterocycles. The van der Waals surface area contributed by atoms with Crippen LogP contribution in [0.1, 0.15) is 5.56 Å². The molecule has 0 aliphatic rings. The standard InChI is InChI=1S/C15H15BrO4S/c1-19-12-8-11(15(20-2)14(16)9-12)10-21(17,18)13-6-4-3-5-7-13/h3-9H,10H2,1-2H3. The van der Waals surface area contributed by atoms with Crippen molar-refractivity contribution in [1.29, 1.82) is 0 Å². The first-order valence-corrected chi connectivity index (χ1v) is 8.60. The predicted octanol–water partition coefficient (Wildman–Crippen LogP) is 3.44. The molecule has 0 heterocycles. The first-order chi connectivity index (χ1) is 9.97. The molecule has 0 bridgehead atoms. The van der Waals surface area contributed by atoms with Crippen LogP contribution in [0.25, 0.3) is 0 Å². The van der Waals surface area contributed by atoms with Crippen molar-refractivity contribution in [3.8, 4) is 11.5 Å². The minimum Gasteiger partial charge on any atom is -0.497 e. The van der Waals surface area contributed by atoms with Gasteiger partial charge in [0.05, 0.1) is 29.3 Å². The van der Waals surface area contributed by atoms with Gasteiger partial charge in [-0.2, -0.15) is 0 Å². The van der Waals surface area contributed by atoms with Crippen molar-refractivity contribution in [2.75, 3.05) is 14.2 Å². The van der Waals surface area contributed by atoms with Crippen molar-refractivity contribution < 1.29 is 17.9 Å². The number of methoxy groups -OCH3 is 2. The second kappa shape index (κ2) is 6.49. The third kappa shape index (κ3) is 3.57. The van der Waals surface area contributed by atoms with Crippen LogP contribution >= 0.6 is 15.9 Å². The number of hydrogen-bond donors (Lipinski definition) is 0. The molecule has 0 radical (unpaired) electrons. The molecule has 0 amide bonds. The van der Waals surface area contributed by atoms with Gasteiger partial charge in [0, 0.05) is 5.56 Å². The van der Waals surface area contributed by atoms with Crippen LogP contribution in [0.15, 0.2) is 51.8 Å². The monoisotopic (exact) mass is 370 g/mol. The van der Waals surface area contributed by atoms with Crippen molar-refractivity contribution in [2.24, 2.45) is 0 Å². The highest BCUT2D eigenvalue weighted by atomic mass is 79.9. The van der Waals surface area contributed by atoms with Crippen LogP contribution in [0.5, 0.6) is 11.5 Å². The quantitative estimate of drug-likeness (QED) is 0.808. The van der Waals surface area contributed by atoms with E-state index in [-0.39, 0.29) is 10.6 Å². The van der Waals surface area contributed by atoms with E-state index in [0.717, 1.165) is 0 Å². The van der Waals surface area contributed by atoms with Gasteiger partial charge in [0.2, 0.25) is 0 Å². The lowest BCUT2D eigenvalue weighted by atomic mass is 10.2. The molecule has 2 aromatic rings. The van der Waals surface area contributed by atoms with Gasteiger partial charge in [0.1, 0.15) is 11.5 Å². The maximum absolute atomic E-state index is 12.5. The zero-order chi connectivity index (χ0) is 15.5. The first kappa shape index (κ1) is 15.9. The molecule has 0 unspecified atom stereocenters. The molecule has 0 atom stereocenters. The van der Waals surface area contributed by atoms with Crippen LogP contribution in [0, 0.1) is 0 Å². The summed E-state index contributed by atoms with van der Waals surface area (Å²) in [4.78, 5) is 0.283. The van der Waals surface area contributed by atoms with Gasteiger partial charge in [0.15, 0.2) is 9.84 Å². The van der Waals surface area contributed by atoms with Gasteiger partial charge >= 0.3 is 0 Å². The lowest BCUT2D eigenvalue weighted by molar-refractivity contribution is 0.397. The van der Waals surface area contributed by atoms with Gasteiger partial charge in [-0.25, -0.2) is 8.42 Å². The average Bonchev–Trinajstić information content (AvgIpc) is 2.47. The Hall–Kier alpha value is -1.53. The third-order valence-corrected chi connectivity index (χ3v) is 5.25. The van der Waals surface area contributed by atoms with Crippen molar-refractivity contribution in [2.45, 2.75) is 10.6 Å². The van der Waals surface area contributed by atoms with E-state index in [1.54, 1.807) is 42.5 Å². The molecule has 6 heteroatoms. The average molecular weight is 371 g/mol. The zero-order valence-corrected chi connectivity index (χ0v) is 14.1. The van der Waals surface area contributed by atoms with E-state index < -0.39 is 9.84 Å². The molecule has 0 fully saturated rings. The van der Waals surface area contributed by atoms with E-state index in [1.807, 2.05) is 0 Å². The van der Waals surface area contributed by atoms with Gasteiger partial charge in [-0.15, -0.1) is 0 Å². The summed E-state index contributed by atoms with van der Waals surface area (Å²) in [6.07, 6.45) is 0. The Bertz CT molecular complexity index is 727. The molecule has 0 aromatic heterocycles. The summed E-state index contributed by atoms with van der Waals surface area (Å²) in [6.45, 7) is 0. The van der Waals surface area contributed by atoms with Gasteiger partial charge in [-0.05, 0) is 40.2 Å². The van der Waals surface area contributed by atoms with Gasteiger partial charge in [-0.3, -0.25) is 0 Å². The molecule has 0 spiro atoms. The molecule has 0 N–H and O–H groups in total. The summed E-state index contributed by atoms with van der Waals surface area (Å²) < 4.78 is 36.1. The molecule has 4 nitrogen and oxygen atoms in total. The van der Waals surface area contributed by atoms with E-state index in [0.29, 0.717) is 21.5 Å².